The van der Waals surface area contributed by atoms with Crippen LogP contribution in [-0.2, 0) is 21.8 Å². The van der Waals surface area contributed by atoms with Crippen molar-refractivity contribution in [3.8, 4) is 5.75 Å². The van der Waals surface area contributed by atoms with E-state index in [4.69, 9.17) is 27.8 Å². The zero-order valence-corrected chi connectivity index (χ0v) is 24.0. The van der Waals surface area contributed by atoms with Crippen LogP contribution in [0.25, 0.3) is 11.6 Å². The first-order valence-electron chi connectivity index (χ1n) is 12.7. The van der Waals surface area contributed by atoms with Crippen molar-refractivity contribution < 1.29 is 19.0 Å². The molecule has 0 unspecified atom stereocenters. The highest BCUT2D eigenvalue weighted by Crippen LogP contribution is 2.39. The number of thioether (sulfide) groups is 1. The van der Waals surface area contributed by atoms with E-state index in [-0.39, 0.29) is 24.3 Å². The van der Waals surface area contributed by atoms with Crippen LogP contribution in [0.1, 0.15) is 46.5 Å². The number of carbonyl (C=O) groups excluding carboxylic acids is 2. The molecule has 0 radical (unpaired) electrons. The fourth-order valence-electron chi connectivity index (χ4n) is 5.05. The van der Waals surface area contributed by atoms with Crippen LogP contribution in [0, 0.1) is 13.8 Å². The molecule has 0 bridgehead atoms. The van der Waals surface area contributed by atoms with Crippen molar-refractivity contribution in [2.24, 2.45) is 0 Å². The molecule has 1 fully saturated rings. The lowest BCUT2D eigenvalue weighted by molar-refractivity contribution is -0.132. The molecule has 0 atom stereocenters. The minimum absolute atomic E-state index is 0.0539. The van der Waals surface area contributed by atoms with Gasteiger partial charge in [-0.25, -0.2) is 0 Å². The number of hydrogen-bond donors (Lipinski definition) is 3. The molecule has 1 saturated heterocycles. The van der Waals surface area contributed by atoms with Crippen LogP contribution in [0.15, 0.2) is 41.3 Å². The maximum atomic E-state index is 12.9. The molecule has 3 heterocycles. The average molecular weight is 587 g/mol. The predicted molar refractivity (Wildman–Crippen MR) is 156 cm³/mol. The van der Waals surface area contributed by atoms with E-state index >= 15 is 0 Å². The summed E-state index contributed by atoms with van der Waals surface area (Å²) in [4.78, 5) is 32.0. The summed E-state index contributed by atoms with van der Waals surface area (Å²) in [7, 11) is 0. The number of aromatic amines is 1. The van der Waals surface area contributed by atoms with Gasteiger partial charge in [-0.05, 0) is 74.2 Å². The van der Waals surface area contributed by atoms with E-state index in [0.717, 1.165) is 44.2 Å². The molecule has 1 aromatic heterocycles. The first kappa shape index (κ1) is 27.6. The third-order valence-corrected chi connectivity index (χ3v) is 8.92. The molecule has 2 amide bonds. The highest BCUT2D eigenvalue weighted by atomic mass is 35.5. The molecule has 3 N–H and O–H groups in total. The number of H-pyrrole nitrogens is 1. The van der Waals surface area contributed by atoms with Gasteiger partial charge >= 0.3 is 0 Å². The zero-order valence-electron chi connectivity index (χ0n) is 21.6. The molecular weight excluding hydrogens is 557 g/mol. The van der Waals surface area contributed by atoms with Crippen molar-refractivity contribution in [3.63, 3.8) is 0 Å². The lowest BCUT2D eigenvalue weighted by Gasteiger charge is -2.29. The number of anilines is 1. The number of hydrogen-bond acceptors (Lipinski definition) is 5. The van der Waals surface area contributed by atoms with Crippen LogP contribution in [-0.4, -0.2) is 46.0 Å². The van der Waals surface area contributed by atoms with Gasteiger partial charge in [0.05, 0.1) is 18.1 Å². The number of aliphatic hydroxyl groups is 1. The van der Waals surface area contributed by atoms with Gasteiger partial charge in [-0.15, -0.1) is 11.8 Å². The Morgan fingerprint density at radius 1 is 1.21 bits per heavy atom. The van der Waals surface area contributed by atoms with Crippen LogP contribution in [0.3, 0.4) is 0 Å². The van der Waals surface area contributed by atoms with Crippen molar-refractivity contribution in [1.82, 2.24) is 9.88 Å². The highest BCUT2D eigenvalue weighted by molar-refractivity contribution is 7.98. The van der Waals surface area contributed by atoms with Crippen molar-refractivity contribution in [2.75, 3.05) is 18.4 Å². The lowest BCUT2D eigenvalue weighted by atomic mass is 10.0. The number of likely N-dealkylation sites (tertiary alicyclic amines) is 1. The minimum Gasteiger partial charge on any atom is -0.393 e. The van der Waals surface area contributed by atoms with Crippen molar-refractivity contribution >= 4 is 64.4 Å². The molecule has 0 spiro atoms. The van der Waals surface area contributed by atoms with E-state index in [1.165, 1.54) is 0 Å². The van der Waals surface area contributed by atoms with Gasteiger partial charge in [0.25, 0.3) is 5.91 Å². The van der Waals surface area contributed by atoms with Crippen molar-refractivity contribution in [2.45, 2.75) is 49.9 Å². The lowest BCUT2D eigenvalue weighted by Crippen LogP contribution is -2.40. The van der Waals surface area contributed by atoms with Crippen molar-refractivity contribution in [3.05, 3.63) is 75.1 Å². The van der Waals surface area contributed by atoms with Gasteiger partial charge in [0.15, 0.2) is 5.75 Å². The van der Waals surface area contributed by atoms with Gasteiger partial charge in [0, 0.05) is 57.0 Å². The predicted octanol–water partition coefficient (Wildman–Crippen LogP) is 6.13. The quantitative estimate of drug-likeness (QED) is 0.229. The van der Waals surface area contributed by atoms with Gasteiger partial charge in [0.2, 0.25) is 5.91 Å². The standard InChI is InChI=1S/C29H29Cl2N3O4S/c1-16-20(14-28(36)34-10-8-18(35)9-11-34)17(2)32-26(16)13-22-21-12-19(6-7-25(21)33-29(22)37)39-15-23-24(30)4-3-5-27(23)38-31/h3-7,12-13,18,32,35H,8-11,14-15H2,1-2H3,(H,33,37)/b22-13-. The number of nitrogens with one attached hydrogen (secondary N) is 2. The number of aliphatic hydroxyl groups excluding tert-OH is 1. The summed E-state index contributed by atoms with van der Waals surface area (Å²) in [5.74, 6) is 0.939. The summed E-state index contributed by atoms with van der Waals surface area (Å²) in [6.07, 6.45) is 3.05. The smallest absolute Gasteiger partial charge is 0.256 e. The minimum atomic E-state index is -0.323. The summed E-state index contributed by atoms with van der Waals surface area (Å²) in [6, 6.07) is 11.2. The third-order valence-electron chi connectivity index (χ3n) is 7.38. The van der Waals surface area contributed by atoms with E-state index in [9.17, 15) is 14.7 Å². The number of amides is 2. The van der Waals surface area contributed by atoms with Crippen LogP contribution in [0.5, 0.6) is 5.75 Å². The molecule has 204 valence electrons. The first-order chi connectivity index (χ1) is 18.7. The molecule has 2 aromatic carbocycles. The second-order valence-electron chi connectivity index (χ2n) is 9.86. The second-order valence-corrected chi connectivity index (χ2v) is 11.5. The number of aromatic nitrogens is 1. The number of rotatable bonds is 7. The number of halogens is 2. The summed E-state index contributed by atoms with van der Waals surface area (Å²) in [5, 5.41) is 13.3. The van der Waals surface area contributed by atoms with E-state index < -0.39 is 0 Å². The van der Waals surface area contributed by atoms with Gasteiger partial charge in [-0.3, -0.25) is 9.59 Å². The SMILES string of the molecule is Cc1[nH]c(/C=C2\C(=O)Nc3ccc(SCc4c(Cl)cccc4OCl)cc32)c(C)c1CC(=O)N1CCC(O)CC1. The molecule has 2 aliphatic rings. The summed E-state index contributed by atoms with van der Waals surface area (Å²) in [5.41, 5.74) is 6.52. The number of piperidine rings is 1. The second kappa shape index (κ2) is 11.7. The van der Waals surface area contributed by atoms with Crippen LogP contribution in [0.2, 0.25) is 5.02 Å². The Kier molecular flexibility index (Phi) is 8.28. The summed E-state index contributed by atoms with van der Waals surface area (Å²) in [6.45, 7) is 5.07. The Balaban J connectivity index is 1.37. The maximum absolute atomic E-state index is 12.9. The Hall–Kier alpha value is -2.91. The van der Waals surface area contributed by atoms with Gasteiger partial charge < -0.3 is 24.6 Å². The Bertz CT molecular complexity index is 1460. The molecule has 10 heteroatoms. The number of nitrogens with zero attached hydrogens (tertiary/aromatic N) is 1. The van der Waals surface area contributed by atoms with Crippen molar-refractivity contribution in [1.29, 1.82) is 0 Å². The number of carbonyl (C=O) groups is 2. The number of fused-ring (bicyclic) bond motifs is 1. The van der Waals surface area contributed by atoms with Gasteiger partial charge in [-0.1, -0.05) is 17.7 Å². The molecule has 39 heavy (non-hydrogen) atoms. The Labute approximate surface area is 241 Å². The fraction of sp³-hybridized carbons (Fsp3) is 0.310. The molecule has 5 rings (SSSR count). The molecule has 0 saturated carbocycles. The fourth-order valence-corrected chi connectivity index (χ4v) is 6.48. The van der Waals surface area contributed by atoms with E-state index in [1.807, 2.05) is 43.0 Å². The third kappa shape index (κ3) is 5.84. The molecule has 0 aliphatic carbocycles. The Morgan fingerprint density at radius 2 is 1.97 bits per heavy atom. The maximum Gasteiger partial charge on any atom is 0.256 e. The first-order valence-corrected chi connectivity index (χ1v) is 14.4. The van der Waals surface area contributed by atoms with Gasteiger partial charge in [-0.2, -0.15) is 0 Å². The molecule has 3 aromatic rings. The zero-order chi connectivity index (χ0) is 27.7. The number of aryl methyl sites for hydroxylation is 1. The summed E-state index contributed by atoms with van der Waals surface area (Å²) >= 11 is 13.5. The topological polar surface area (TPSA) is 94.7 Å². The largest absolute Gasteiger partial charge is 0.393 e. The average Bonchev–Trinajstić information content (AvgIpc) is 3.37. The van der Waals surface area contributed by atoms with E-state index in [0.29, 0.717) is 48.0 Å². The molecule has 7 nitrogen and oxygen atoms in total. The normalized spacial score (nSPS) is 16.5. The highest BCUT2D eigenvalue weighted by Gasteiger charge is 2.27. The molecular formula is C29H29Cl2N3O4S. The van der Waals surface area contributed by atoms with Crippen LogP contribution < -0.4 is 9.61 Å². The number of benzene rings is 2. The Morgan fingerprint density at radius 3 is 2.72 bits per heavy atom. The van der Waals surface area contributed by atoms with E-state index in [2.05, 4.69) is 10.3 Å². The van der Waals surface area contributed by atoms with Crippen LogP contribution >= 0.6 is 35.2 Å². The van der Waals surface area contributed by atoms with E-state index in [1.54, 1.807) is 30.0 Å². The monoisotopic (exact) mass is 585 g/mol. The van der Waals surface area contributed by atoms with Gasteiger partial charge in [0.1, 0.15) is 11.9 Å². The summed E-state index contributed by atoms with van der Waals surface area (Å²) < 4.78 is 4.94. The van der Waals surface area contributed by atoms with Crippen LogP contribution in [0.4, 0.5) is 5.69 Å². The molecule has 2 aliphatic heterocycles.